The number of hydrogen-bond acceptors (Lipinski definition) is 6. The highest BCUT2D eigenvalue weighted by molar-refractivity contribution is 5.85. The Kier molecular flexibility index (Phi) is 6.51. The van der Waals surface area contributed by atoms with Crippen LogP contribution in [0.2, 0.25) is 0 Å². The molecule has 0 saturated heterocycles. The third kappa shape index (κ3) is 4.71. The van der Waals surface area contributed by atoms with Gasteiger partial charge in [-0.25, -0.2) is 4.98 Å². The fourth-order valence-corrected chi connectivity index (χ4v) is 3.91. The Morgan fingerprint density at radius 2 is 2.29 bits per heavy atom. The third-order valence-corrected chi connectivity index (χ3v) is 5.88. The summed E-state index contributed by atoms with van der Waals surface area (Å²) in [7, 11) is 0. The van der Waals surface area contributed by atoms with E-state index in [0.29, 0.717) is 24.8 Å². The first kappa shape index (κ1) is 20.9. The number of aromatic nitrogens is 2. The van der Waals surface area contributed by atoms with E-state index >= 15 is 0 Å². The number of hydrazine groups is 1. The molecular formula is C24H28N6O. The van der Waals surface area contributed by atoms with Gasteiger partial charge in [0.25, 0.3) is 0 Å². The highest BCUT2D eigenvalue weighted by Crippen LogP contribution is 2.39. The van der Waals surface area contributed by atoms with Crippen LogP contribution in [0.1, 0.15) is 31.2 Å². The highest BCUT2D eigenvalue weighted by atomic mass is 16.5. The van der Waals surface area contributed by atoms with E-state index in [9.17, 15) is 5.26 Å². The lowest BCUT2D eigenvalue weighted by Crippen LogP contribution is -2.41. The number of nitrogens with two attached hydrogens (primary N) is 1. The zero-order chi connectivity index (χ0) is 21.6. The molecule has 1 atom stereocenters. The lowest BCUT2D eigenvalue weighted by atomic mass is 9.88. The number of rotatable bonds is 9. The number of allylic oxidation sites excluding steroid dienone is 2. The first-order valence-electron chi connectivity index (χ1n) is 10.7. The SMILES string of the molecule is C=C(C#N)c1cc(OCCn2ccnc2)ccc1N(C1=CCC(NN)C=C1)C1CCC1. The summed E-state index contributed by atoms with van der Waals surface area (Å²) in [4.78, 5) is 6.39. The van der Waals surface area contributed by atoms with Gasteiger partial charge in [0, 0.05) is 35.7 Å². The Balaban J connectivity index is 1.60. The second-order valence-electron chi connectivity index (χ2n) is 7.87. The van der Waals surface area contributed by atoms with Crippen LogP contribution in [0.25, 0.3) is 5.57 Å². The molecule has 7 heteroatoms. The average Bonchev–Trinajstić information content (AvgIpc) is 3.29. The standard InChI is InChI=1S/C24H28N6O/c1-18(16-25)23-15-22(31-14-13-29-12-11-27-17-29)9-10-24(23)30(20-3-2-4-20)21-7-5-19(28-26)6-8-21/h5,7-12,15,17,19-20,28H,1-4,6,13-14,26H2. The van der Waals surface area contributed by atoms with Gasteiger partial charge < -0.3 is 14.2 Å². The fourth-order valence-electron chi connectivity index (χ4n) is 3.91. The highest BCUT2D eigenvalue weighted by Gasteiger charge is 2.30. The van der Waals surface area contributed by atoms with Gasteiger partial charge in [0.05, 0.1) is 30.2 Å². The van der Waals surface area contributed by atoms with Crippen molar-refractivity contribution in [2.24, 2.45) is 5.84 Å². The summed E-state index contributed by atoms with van der Waals surface area (Å²) in [5.41, 5.74) is 6.18. The predicted molar refractivity (Wildman–Crippen MR) is 122 cm³/mol. The molecule has 1 heterocycles. The van der Waals surface area contributed by atoms with E-state index in [2.05, 4.69) is 46.2 Å². The van der Waals surface area contributed by atoms with Crippen LogP contribution >= 0.6 is 0 Å². The molecule has 1 aromatic carbocycles. The molecule has 7 nitrogen and oxygen atoms in total. The molecule has 2 aliphatic rings. The van der Waals surface area contributed by atoms with Gasteiger partial charge in [-0.2, -0.15) is 5.26 Å². The topological polar surface area (TPSA) is 92.1 Å². The molecule has 0 aliphatic heterocycles. The molecule has 1 aromatic heterocycles. The van der Waals surface area contributed by atoms with E-state index in [0.717, 1.165) is 42.0 Å². The number of nitriles is 1. The normalized spacial score (nSPS) is 18.1. The van der Waals surface area contributed by atoms with E-state index < -0.39 is 0 Å². The minimum absolute atomic E-state index is 0.145. The van der Waals surface area contributed by atoms with Crippen molar-refractivity contribution in [2.45, 2.75) is 44.3 Å². The maximum atomic E-state index is 9.60. The van der Waals surface area contributed by atoms with Crippen molar-refractivity contribution in [1.29, 1.82) is 5.26 Å². The van der Waals surface area contributed by atoms with E-state index in [1.54, 1.807) is 12.5 Å². The smallest absolute Gasteiger partial charge is 0.120 e. The van der Waals surface area contributed by atoms with Crippen molar-refractivity contribution in [3.05, 3.63) is 73.0 Å². The number of ether oxygens (including phenoxy) is 1. The van der Waals surface area contributed by atoms with Crippen molar-refractivity contribution >= 4 is 11.3 Å². The van der Waals surface area contributed by atoms with Crippen molar-refractivity contribution in [1.82, 2.24) is 15.0 Å². The van der Waals surface area contributed by atoms with Crippen molar-refractivity contribution in [3.8, 4) is 11.8 Å². The average molecular weight is 417 g/mol. The van der Waals surface area contributed by atoms with Crippen LogP contribution in [0.5, 0.6) is 5.75 Å². The van der Waals surface area contributed by atoms with Crippen LogP contribution in [0, 0.1) is 11.3 Å². The predicted octanol–water partition coefficient (Wildman–Crippen LogP) is 3.53. The number of anilines is 1. The molecule has 0 bridgehead atoms. The number of imidazole rings is 1. The number of nitrogens with zero attached hydrogens (tertiary/aromatic N) is 4. The summed E-state index contributed by atoms with van der Waals surface area (Å²) in [5.74, 6) is 6.32. The zero-order valence-corrected chi connectivity index (χ0v) is 17.6. The summed E-state index contributed by atoms with van der Waals surface area (Å²) < 4.78 is 7.92. The zero-order valence-electron chi connectivity index (χ0n) is 17.6. The summed E-state index contributed by atoms with van der Waals surface area (Å²) in [6, 6.07) is 8.73. The molecule has 3 N–H and O–H groups in total. The van der Waals surface area contributed by atoms with Crippen molar-refractivity contribution < 1.29 is 4.74 Å². The Morgan fingerprint density at radius 3 is 2.90 bits per heavy atom. The lowest BCUT2D eigenvalue weighted by Gasteiger charge is -2.41. The fraction of sp³-hybridized carbons (Fsp3) is 0.333. The third-order valence-electron chi connectivity index (χ3n) is 5.88. The van der Waals surface area contributed by atoms with Crippen LogP contribution in [0.15, 0.2) is 67.4 Å². The van der Waals surface area contributed by atoms with Crippen LogP contribution in [0.4, 0.5) is 5.69 Å². The summed E-state index contributed by atoms with van der Waals surface area (Å²) in [6.45, 7) is 5.23. The number of nitrogens with one attached hydrogen (secondary N) is 1. The molecule has 0 spiro atoms. The van der Waals surface area contributed by atoms with Crippen LogP contribution in [0.3, 0.4) is 0 Å². The largest absolute Gasteiger partial charge is 0.492 e. The van der Waals surface area contributed by atoms with Crippen LogP contribution < -0.4 is 20.9 Å². The minimum Gasteiger partial charge on any atom is -0.492 e. The molecule has 0 radical (unpaired) electrons. The molecule has 1 unspecified atom stereocenters. The first-order valence-corrected chi connectivity index (χ1v) is 10.7. The quantitative estimate of drug-likeness (QED) is 0.369. The van der Waals surface area contributed by atoms with E-state index in [1.807, 2.05) is 29.0 Å². The van der Waals surface area contributed by atoms with Gasteiger partial charge in [0.15, 0.2) is 0 Å². The van der Waals surface area contributed by atoms with Gasteiger partial charge in [-0.05, 0) is 50.0 Å². The molecule has 2 aliphatic carbocycles. The Bertz CT molecular complexity index is 1010. The Labute approximate surface area is 183 Å². The molecule has 0 amide bonds. The molecule has 31 heavy (non-hydrogen) atoms. The van der Waals surface area contributed by atoms with Gasteiger partial charge >= 0.3 is 0 Å². The summed E-state index contributed by atoms with van der Waals surface area (Å²) in [6.07, 6.45) is 16.1. The van der Waals surface area contributed by atoms with Gasteiger partial charge in [-0.3, -0.25) is 11.3 Å². The molecule has 2 aromatic rings. The number of benzene rings is 1. The summed E-state index contributed by atoms with van der Waals surface area (Å²) in [5, 5.41) is 9.60. The van der Waals surface area contributed by atoms with Crippen molar-refractivity contribution in [3.63, 3.8) is 0 Å². The second-order valence-corrected chi connectivity index (χ2v) is 7.87. The lowest BCUT2D eigenvalue weighted by molar-refractivity contribution is 0.298. The van der Waals surface area contributed by atoms with Crippen LogP contribution in [-0.2, 0) is 6.54 Å². The number of hydrogen-bond donors (Lipinski definition) is 2. The van der Waals surface area contributed by atoms with Gasteiger partial charge in [0.2, 0.25) is 0 Å². The molecule has 4 rings (SSSR count). The maximum absolute atomic E-state index is 9.60. The molecule has 1 fully saturated rings. The Morgan fingerprint density at radius 1 is 1.42 bits per heavy atom. The van der Waals surface area contributed by atoms with Gasteiger partial charge in [-0.15, -0.1) is 0 Å². The van der Waals surface area contributed by atoms with Crippen LogP contribution in [-0.4, -0.2) is 28.2 Å². The molecular weight excluding hydrogens is 388 g/mol. The Hall–Kier alpha value is -3.34. The van der Waals surface area contributed by atoms with E-state index in [-0.39, 0.29) is 6.04 Å². The maximum Gasteiger partial charge on any atom is 0.120 e. The monoisotopic (exact) mass is 416 g/mol. The molecule has 1 saturated carbocycles. The van der Waals surface area contributed by atoms with E-state index in [1.165, 1.54) is 6.42 Å². The van der Waals surface area contributed by atoms with Gasteiger partial charge in [-0.1, -0.05) is 18.7 Å². The first-order chi connectivity index (χ1) is 15.2. The minimum atomic E-state index is 0.145. The summed E-state index contributed by atoms with van der Waals surface area (Å²) >= 11 is 0. The van der Waals surface area contributed by atoms with Crippen molar-refractivity contribution in [2.75, 3.05) is 11.5 Å². The van der Waals surface area contributed by atoms with E-state index in [4.69, 9.17) is 10.6 Å². The second kappa shape index (κ2) is 9.65. The molecule has 160 valence electrons. The van der Waals surface area contributed by atoms with Gasteiger partial charge in [0.1, 0.15) is 12.4 Å².